The van der Waals surface area contributed by atoms with Crippen LogP contribution in [-0.2, 0) is 17.8 Å². The van der Waals surface area contributed by atoms with E-state index in [2.05, 4.69) is 15.5 Å². The molecule has 7 nitrogen and oxygen atoms in total. The monoisotopic (exact) mass is 395 g/mol. The van der Waals surface area contributed by atoms with Crippen LogP contribution in [0.25, 0.3) is 16.0 Å². The molecule has 144 valence electrons. The van der Waals surface area contributed by atoms with E-state index in [1.165, 1.54) is 11.3 Å². The van der Waals surface area contributed by atoms with E-state index < -0.39 is 0 Å². The first-order chi connectivity index (χ1) is 13.6. The molecule has 0 bridgehead atoms. The lowest BCUT2D eigenvalue weighted by Crippen LogP contribution is -2.27. The maximum atomic E-state index is 12.6. The first-order valence-electron chi connectivity index (χ1n) is 9.28. The standard InChI is InChI=1S/C20H21N5O2S/c1-3-24-19(27)18-15(11-12-28-18)25-16(22-23-20(24)25)9-10-17(26)21-13(2)14-7-5-4-6-8-14/h4-8,11-13H,3,9-10H2,1-2H3,(H,21,26)/t13-/m0/s1. The van der Waals surface area contributed by atoms with Gasteiger partial charge in [-0.3, -0.25) is 18.6 Å². The van der Waals surface area contributed by atoms with Crippen molar-refractivity contribution in [3.63, 3.8) is 0 Å². The van der Waals surface area contributed by atoms with Crippen molar-refractivity contribution in [2.24, 2.45) is 0 Å². The van der Waals surface area contributed by atoms with Gasteiger partial charge in [0, 0.05) is 19.4 Å². The second kappa shape index (κ2) is 7.55. The molecule has 3 aromatic heterocycles. The molecule has 0 spiro atoms. The number of hydrogen-bond acceptors (Lipinski definition) is 5. The maximum Gasteiger partial charge on any atom is 0.272 e. The minimum absolute atomic E-state index is 0.0431. The van der Waals surface area contributed by atoms with Crippen LogP contribution in [0.4, 0.5) is 0 Å². The molecule has 1 atom stereocenters. The molecule has 8 heteroatoms. The van der Waals surface area contributed by atoms with Gasteiger partial charge in [-0.15, -0.1) is 21.5 Å². The maximum absolute atomic E-state index is 12.6. The zero-order valence-corrected chi connectivity index (χ0v) is 16.6. The Kier molecular flexibility index (Phi) is 4.95. The minimum atomic E-state index is -0.0577. The SMILES string of the molecule is CCn1c(=O)c2sccc2n2c(CCC(=O)N[C@@H](C)c3ccccc3)nnc12. The molecule has 1 N–H and O–H groups in total. The third-order valence-corrected chi connectivity index (χ3v) is 5.74. The number of hydrogen-bond donors (Lipinski definition) is 1. The van der Waals surface area contributed by atoms with Crippen molar-refractivity contribution in [1.29, 1.82) is 0 Å². The number of benzene rings is 1. The molecule has 0 aliphatic heterocycles. The largest absolute Gasteiger partial charge is 0.350 e. The highest BCUT2D eigenvalue weighted by Gasteiger charge is 2.17. The van der Waals surface area contributed by atoms with Crippen LogP contribution >= 0.6 is 11.3 Å². The Balaban J connectivity index is 1.56. The Hall–Kier alpha value is -3.00. The second-order valence-electron chi connectivity index (χ2n) is 6.64. The van der Waals surface area contributed by atoms with Crippen molar-refractivity contribution in [3.05, 3.63) is 63.5 Å². The summed E-state index contributed by atoms with van der Waals surface area (Å²) < 4.78 is 4.19. The summed E-state index contributed by atoms with van der Waals surface area (Å²) in [5, 5.41) is 13.4. The third-order valence-electron chi connectivity index (χ3n) is 4.85. The fraction of sp³-hybridized carbons (Fsp3) is 0.300. The summed E-state index contributed by atoms with van der Waals surface area (Å²) in [6.07, 6.45) is 0.746. The predicted octanol–water partition coefficient (Wildman–Crippen LogP) is 2.94. The van der Waals surface area contributed by atoms with Gasteiger partial charge in [0.2, 0.25) is 11.7 Å². The van der Waals surface area contributed by atoms with Crippen molar-refractivity contribution in [3.8, 4) is 0 Å². The number of carbonyl (C=O) groups is 1. The molecule has 1 aromatic carbocycles. The summed E-state index contributed by atoms with van der Waals surface area (Å²) in [5.41, 5.74) is 1.82. The van der Waals surface area contributed by atoms with Crippen molar-refractivity contribution in [2.75, 3.05) is 0 Å². The molecular formula is C20H21N5O2S. The van der Waals surface area contributed by atoms with Gasteiger partial charge < -0.3 is 5.32 Å². The van der Waals surface area contributed by atoms with E-state index in [4.69, 9.17) is 0 Å². The normalized spacial score (nSPS) is 12.5. The smallest absolute Gasteiger partial charge is 0.272 e. The van der Waals surface area contributed by atoms with Gasteiger partial charge in [-0.25, -0.2) is 0 Å². The van der Waals surface area contributed by atoms with E-state index in [9.17, 15) is 9.59 Å². The molecule has 0 aliphatic carbocycles. The van der Waals surface area contributed by atoms with Gasteiger partial charge in [0.05, 0.1) is 11.6 Å². The molecule has 1 amide bonds. The van der Waals surface area contributed by atoms with E-state index in [1.807, 2.05) is 60.0 Å². The highest BCUT2D eigenvalue weighted by Crippen LogP contribution is 2.20. The first kappa shape index (κ1) is 18.4. The number of rotatable bonds is 6. The lowest BCUT2D eigenvalue weighted by atomic mass is 10.1. The zero-order valence-electron chi connectivity index (χ0n) is 15.8. The molecule has 0 fully saturated rings. The number of nitrogens with one attached hydrogen (secondary N) is 1. The summed E-state index contributed by atoms with van der Waals surface area (Å²) in [6, 6.07) is 11.7. The lowest BCUT2D eigenvalue weighted by Gasteiger charge is -2.14. The summed E-state index contributed by atoms with van der Waals surface area (Å²) in [4.78, 5) is 25.0. The average molecular weight is 395 g/mol. The van der Waals surface area contributed by atoms with Gasteiger partial charge in [-0.2, -0.15) is 0 Å². The van der Waals surface area contributed by atoms with Crippen LogP contribution < -0.4 is 10.9 Å². The molecule has 0 unspecified atom stereocenters. The van der Waals surface area contributed by atoms with E-state index in [-0.39, 0.29) is 17.5 Å². The van der Waals surface area contributed by atoms with Crippen molar-refractivity contribution < 1.29 is 4.79 Å². The summed E-state index contributed by atoms with van der Waals surface area (Å²) in [5.74, 6) is 1.16. The number of carbonyl (C=O) groups excluding carboxylic acids is 1. The van der Waals surface area contributed by atoms with Crippen LogP contribution in [0, 0.1) is 0 Å². The minimum Gasteiger partial charge on any atom is -0.350 e. The lowest BCUT2D eigenvalue weighted by molar-refractivity contribution is -0.121. The van der Waals surface area contributed by atoms with Gasteiger partial charge in [0.15, 0.2) is 0 Å². The Labute approximate surface area is 165 Å². The van der Waals surface area contributed by atoms with Crippen molar-refractivity contribution >= 4 is 33.2 Å². The Morgan fingerprint density at radius 2 is 2.00 bits per heavy atom. The Morgan fingerprint density at radius 3 is 2.75 bits per heavy atom. The van der Waals surface area contributed by atoms with Crippen LogP contribution in [-0.4, -0.2) is 25.1 Å². The van der Waals surface area contributed by atoms with Gasteiger partial charge >= 0.3 is 0 Å². The van der Waals surface area contributed by atoms with E-state index >= 15 is 0 Å². The number of aromatic nitrogens is 4. The van der Waals surface area contributed by atoms with Crippen LogP contribution in [0.5, 0.6) is 0 Å². The molecule has 0 saturated heterocycles. The number of thiophene rings is 1. The topological polar surface area (TPSA) is 81.3 Å². The number of fused-ring (bicyclic) bond motifs is 3. The number of aryl methyl sites for hydroxylation is 2. The molecule has 3 heterocycles. The van der Waals surface area contributed by atoms with Crippen molar-refractivity contribution in [1.82, 2.24) is 24.5 Å². The first-order valence-corrected chi connectivity index (χ1v) is 10.2. The van der Waals surface area contributed by atoms with Crippen LogP contribution in [0.1, 0.15) is 37.7 Å². The molecule has 0 saturated carbocycles. The van der Waals surface area contributed by atoms with Crippen LogP contribution in [0.15, 0.2) is 46.6 Å². The molecule has 4 aromatic rings. The summed E-state index contributed by atoms with van der Waals surface area (Å²) in [7, 11) is 0. The number of nitrogens with zero attached hydrogens (tertiary/aromatic N) is 4. The van der Waals surface area contributed by atoms with E-state index in [0.29, 0.717) is 35.7 Å². The van der Waals surface area contributed by atoms with E-state index in [0.717, 1.165) is 11.1 Å². The average Bonchev–Trinajstić information content (AvgIpc) is 3.34. The van der Waals surface area contributed by atoms with Gasteiger partial charge in [0.25, 0.3) is 5.56 Å². The fourth-order valence-corrected chi connectivity index (χ4v) is 4.22. The highest BCUT2D eigenvalue weighted by molar-refractivity contribution is 7.17. The fourth-order valence-electron chi connectivity index (χ4n) is 3.39. The second-order valence-corrected chi connectivity index (χ2v) is 7.55. The third kappa shape index (κ3) is 3.20. The molecule has 28 heavy (non-hydrogen) atoms. The van der Waals surface area contributed by atoms with Crippen LogP contribution in [0.2, 0.25) is 0 Å². The zero-order chi connectivity index (χ0) is 19.7. The summed E-state index contributed by atoms with van der Waals surface area (Å²) >= 11 is 1.41. The van der Waals surface area contributed by atoms with Gasteiger partial charge in [-0.05, 0) is 30.9 Å². The van der Waals surface area contributed by atoms with E-state index in [1.54, 1.807) is 4.57 Å². The molecule has 0 radical (unpaired) electrons. The Morgan fingerprint density at radius 1 is 1.21 bits per heavy atom. The quantitative estimate of drug-likeness (QED) is 0.544. The molecule has 4 rings (SSSR count). The van der Waals surface area contributed by atoms with Crippen LogP contribution in [0.3, 0.4) is 0 Å². The van der Waals surface area contributed by atoms with Crippen molar-refractivity contribution in [2.45, 2.75) is 39.3 Å². The van der Waals surface area contributed by atoms with Gasteiger partial charge in [-0.1, -0.05) is 30.3 Å². The molecular weight excluding hydrogens is 374 g/mol. The Bertz CT molecular complexity index is 1190. The summed E-state index contributed by atoms with van der Waals surface area (Å²) in [6.45, 7) is 4.39. The highest BCUT2D eigenvalue weighted by atomic mass is 32.1. The number of amides is 1. The van der Waals surface area contributed by atoms with Gasteiger partial charge in [0.1, 0.15) is 10.5 Å². The molecule has 0 aliphatic rings. The predicted molar refractivity (Wildman–Crippen MR) is 110 cm³/mol.